The van der Waals surface area contributed by atoms with E-state index >= 15 is 0 Å². The van der Waals surface area contributed by atoms with Gasteiger partial charge in [0.25, 0.3) is 0 Å². The summed E-state index contributed by atoms with van der Waals surface area (Å²) in [4.78, 5) is 23.8. The Bertz CT molecular complexity index is 643. The van der Waals surface area contributed by atoms with E-state index in [0.717, 1.165) is 29.0 Å². The Balaban J connectivity index is 2.12. The van der Waals surface area contributed by atoms with Crippen molar-refractivity contribution in [2.75, 3.05) is 6.61 Å². The van der Waals surface area contributed by atoms with Crippen molar-refractivity contribution in [1.29, 1.82) is 0 Å². The molecule has 1 aromatic rings. The zero-order valence-corrected chi connectivity index (χ0v) is 15.6. The van der Waals surface area contributed by atoms with Crippen molar-refractivity contribution in [3.8, 4) is 11.5 Å². The minimum Gasteiger partial charge on any atom is -0.494 e. The minimum atomic E-state index is -0.557. The van der Waals surface area contributed by atoms with E-state index in [1.165, 1.54) is 6.92 Å². The van der Waals surface area contributed by atoms with Gasteiger partial charge in [0.1, 0.15) is 23.6 Å². The standard InChI is InChI=1S/C19H28N2O4/c1-6-24-16-8-14-7-12(4)25-17(14)9-15(16)10-20-19(23)18(11(2)3)21-13(5)22/h8-9,11-12,18H,6-7,10H2,1-5H3,(H,20,23)(H,21,22)/t12-,18-/m1/s1. The highest BCUT2D eigenvalue weighted by molar-refractivity contribution is 5.87. The highest BCUT2D eigenvalue weighted by atomic mass is 16.5. The molecule has 0 unspecified atom stereocenters. The van der Waals surface area contributed by atoms with E-state index in [4.69, 9.17) is 9.47 Å². The quantitative estimate of drug-likeness (QED) is 0.792. The third-order valence-corrected chi connectivity index (χ3v) is 4.14. The summed E-state index contributed by atoms with van der Waals surface area (Å²) in [6, 6.07) is 3.38. The molecule has 1 heterocycles. The third kappa shape index (κ3) is 4.87. The summed E-state index contributed by atoms with van der Waals surface area (Å²) in [5.74, 6) is 1.19. The molecule has 2 amide bonds. The smallest absolute Gasteiger partial charge is 0.243 e. The molecule has 0 fully saturated rings. The van der Waals surface area contributed by atoms with Crippen LogP contribution in [0.15, 0.2) is 12.1 Å². The van der Waals surface area contributed by atoms with Gasteiger partial charge in [-0.15, -0.1) is 0 Å². The van der Waals surface area contributed by atoms with Crippen LogP contribution in [0.3, 0.4) is 0 Å². The first-order chi connectivity index (χ1) is 11.8. The van der Waals surface area contributed by atoms with Crippen LogP contribution in [0.4, 0.5) is 0 Å². The summed E-state index contributed by atoms with van der Waals surface area (Å²) < 4.78 is 11.5. The lowest BCUT2D eigenvalue weighted by molar-refractivity contribution is -0.129. The first kappa shape index (κ1) is 19.1. The van der Waals surface area contributed by atoms with Gasteiger partial charge in [-0.3, -0.25) is 9.59 Å². The fourth-order valence-corrected chi connectivity index (χ4v) is 2.96. The lowest BCUT2D eigenvalue weighted by Crippen LogP contribution is -2.48. The normalized spacial score (nSPS) is 16.8. The Hall–Kier alpha value is -2.24. The van der Waals surface area contributed by atoms with Gasteiger partial charge < -0.3 is 20.1 Å². The predicted octanol–water partition coefficient (Wildman–Crippen LogP) is 2.19. The van der Waals surface area contributed by atoms with Gasteiger partial charge >= 0.3 is 0 Å². The van der Waals surface area contributed by atoms with Crippen molar-refractivity contribution in [3.05, 3.63) is 23.3 Å². The molecule has 25 heavy (non-hydrogen) atoms. The van der Waals surface area contributed by atoms with Gasteiger partial charge in [0, 0.05) is 31.0 Å². The first-order valence-corrected chi connectivity index (χ1v) is 8.81. The maximum atomic E-state index is 12.5. The largest absolute Gasteiger partial charge is 0.494 e. The number of carbonyl (C=O) groups excluding carboxylic acids is 2. The zero-order chi connectivity index (χ0) is 18.6. The molecular weight excluding hydrogens is 320 g/mol. The van der Waals surface area contributed by atoms with Gasteiger partial charge in [0.15, 0.2) is 0 Å². The number of hydrogen-bond donors (Lipinski definition) is 2. The van der Waals surface area contributed by atoms with Crippen LogP contribution in [-0.2, 0) is 22.6 Å². The van der Waals surface area contributed by atoms with E-state index in [1.54, 1.807) is 0 Å². The number of hydrogen-bond acceptors (Lipinski definition) is 4. The molecule has 0 saturated carbocycles. The van der Waals surface area contributed by atoms with Gasteiger partial charge in [-0.25, -0.2) is 0 Å². The zero-order valence-electron chi connectivity index (χ0n) is 15.6. The van der Waals surface area contributed by atoms with E-state index in [2.05, 4.69) is 10.6 Å². The summed E-state index contributed by atoms with van der Waals surface area (Å²) >= 11 is 0. The summed E-state index contributed by atoms with van der Waals surface area (Å²) in [6.45, 7) is 10.0. The molecule has 1 aliphatic heterocycles. The average Bonchev–Trinajstić information content (AvgIpc) is 2.88. The van der Waals surface area contributed by atoms with Crippen LogP contribution in [0.2, 0.25) is 0 Å². The Morgan fingerprint density at radius 1 is 1.36 bits per heavy atom. The Labute approximate surface area is 149 Å². The van der Waals surface area contributed by atoms with Crippen LogP contribution in [-0.4, -0.2) is 30.6 Å². The van der Waals surface area contributed by atoms with Crippen molar-refractivity contribution >= 4 is 11.8 Å². The highest BCUT2D eigenvalue weighted by Gasteiger charge is 2.25. The number of rotatable bonds is 7. The van der Waals surface area contributed by atoms with E-state index in [9.17, 15) is 9.59 Å². The van der Waals surface area contributed by atoms with Crippen LogP contribution < -0.4 is 20.1 Å². The molecule has 0 bridgehead atoms. The van der Waals surface area contributed by atoms with Crippen LogP contribution in [0, 0.1) is 5.92 Å². The molecule has 6 heteroatoms. The molecule has 1 aromatic carbocycles. The second-order valence-corrected chi connectivity index (χ2v) is 6.77. The molecule has 0 radical (unpaired) electrons. The number of benzene rings is 1. The summed E-state index contributed by atoms with van der Waals surface area (Å²) in [6.07, 6.45) is 1.01. The van der Waals surface area contributed by atoms with Crippen molar-refractivity contribution < 1.29 is 19.1 Å². The number of nitrogens with one attached hydrogen (secondary N) is 2. The van der Waals surface area contributed by atoms with E-state index in [-0.39, 0.29) is 23.8 Å². The van der Waals surface area contributed by atoms with E-state index < -0.39 is 6.04 Å². The number of carbonyl (C=O) groups is 2. The lowest BCUT2D eigenvalue weighted by atomic mass is 10.0. The molecule has 0 saturated heterocycles. The Morgan fingerprint density at radius 2 is 2.08 bits per heavy atom. The lowest BCUT2D eigenvalue weighted by Gasteiger charge is -2.21. The second-order valence-electron chi connectivity index (χ2n) is 6.77. The van der Waals surface area contributed by atoms with E-state index in [0.29, 0.717) is 13.2 Å². The molecule has 1 aliphatic rings. The van der Waals surface area contributed by atoms with Crippen molar-refractivity contribution in [3.63, 3.8) is 0 Å². The summed E-state index contributed by atoms with van der Waals surface area (Å²) in [7, 11) is 0. The van der Waals surface area contributed by atoms with Gasteiger partial charge in [0.2, 0.25) is 11.8 Å². The predicted molar refractivity (Wildman–Crippen MR) is 95.7 cm³/mol. The van der Waals surface area contributed by atoms with Crippen LogP contribution >= 0.6 is 0 Å². The maximum absolute atomic E-state index is 12.5. The van der Waals surface area contributed by atoms with Gasteiger partial charge in [0.05, 0.1) is 6.61 Å². The fraction of sp³-hybridized carbons (Fsp3) is 0.579. The second kappa shape index (κ2) is 8.23. The topological polar surface area (TPSA) is 76.7 Å². The van der Waals surface area contributed by atoms with Crippen molar-refractivity contribution in [1.82, 2.24) is 10.6 Å². The molecule has 2 N–H and O–H groups in total. The molecule has 2 atom stereocenters. The maximum Gasteiger partial charge on any atom is 0.243 e. The van der Waals surface area contributed by atoms with Gasteiger partial charge in [-0.1, -0.05) is 13.8 Å². The molecular formula is C19H28N2O4. The highest BCUT2D eigenvalue weighted by Crippen LogP contribution is 2.35. The number of amides is 2. The van der Waals surface area contributed by atoms with Crippen LogP contribution in [0.1, 0.15) is 45.7 Å². The SMILES string of the molecule is CCOc1cc2c(cc1CNC(=O)[C@H](NC(C)=O)C(C)C)O[C@H](C)C2. The third-order valence-electron chi connectivity index (χ3n) is 4.14. The monoisotopic (exact) mass is 348 g/mol. The van der Waals surface area contributed by atoms with E-state index in [1.807, 2.05) is 39.8 Å². The van der Waals surface area contributed by atoms with Gasteiger partial charge in [-0.2, -0.15) is 0 Å². The first-order valence-electron chi connectivity index (χ1n) is 8.81. The molecule has 0 spiro atoms. The van der Waals surface area contributed by atoms with Crippen LogP contribution in [0.5, 0.6) is 11.5 Å². The molecule has 6 nitrogen and oxygen atoms in total. The number of ether oxygens (including phenoxy) is 2. The van der Waals surface area contributed by atoms with Crippen LogP contribution in [0.25, 0.3) is 0 Å². The Morgan fingerprint density at radius 3 is 2.68 bits per heavy atom. The fourth-order valence-electron chi connectivity index (χ4n) is 2.96. The molecule has 0 aromatic heterocycles. The van der Waals surface area contributed by atoms with Gasteiger partial charge in [-0.05, 0) is 31.9 Å². The average molecular weight is 348 g/mol. The molecule has 0 aliphatic carbocycles. The number of fused-ring (bicyclic) bond motifs is 1. The minimum absolute atomic E-state index is 0.000495. The van der Waals surface area contributed by atoms with Crippen molar-refractivity contribution in [2.24, 2.45) is 5.92 Å². The summed E-state index contributed by atoms with van der Waals surface area (Å²) in [5, 5.41) is 5.59. The van der Waals surface area contributed by atoms with Crippen molar-refractivity contribution in [2.45, 2.75) is 59.7 Å². The molecule has 138 valence electrons. The summed E-state index contributed by atoms with van der Waals surface area (Å²) in [5.41, 5.74) is 2.00. The molecule has 2 rings (SSSR count). The Kier molecular flexibility index (Phi) is 6.28.